The second-order valence-electron chi connectivity index (χ2n) is 6.73. The summed E-state index contributed by atoms with van der Waals surface area (Å²) in [5.74, 6) is 0.144. The molecule has 0 bridgehead atoms. The van der Waals surface area contributed by atoms with Gasteiger partial charge in [-0.25, -0.2) is 18.1 Å². The van der Waals surface area contributed by atoms with E-state index in [4.69, 9.17) is 0 Å². The largest absolute Gasteiger partial charge is 0.506 e. The Balaban J connectivity index is 2.10. The van der Waals surface area contributed by atoms with E-state index < -0.39 is 10.0 Å². The second kappa shape index (κ2) is 10.2. The topological polar surface area (TPSA) is 120 Å². The number of anilines is 1. The lowest BCUT2D eigenvalue weighted by Crippen LogP contribution is -2.27. The molecule has 4 N–H and O–H groups in total. The van der Waals surface area contributed by atoms with E-state index in [0.717, 1.165) is 37.0 Å². The number of hydrogen-bond acceptors (Lipinski definition) is 6. The van der Waals surface area contributed by atoms with Crippen LogP contribution in [0.15, 0.2) is 46.1 Å². The third kappa shape index (κ3) is 6.72. The minimum Gasteiger partial charge on any atom is -0.506 e. The molecule has 8 nitrogen and oxygen atoms in total. The lowest BCUT2D eigenvalue weighted by Gasteiger charge is -2.14. The number of aryl methyl sites for hydroxylation is 1. The van der Waals surface area contributed by atoms with Crippen molar-refractivity contribution in [2.75, 3.05) is 18.4 Å². The van der Waals surface area contributed by atoms with Crippen LogP contribution in [0.1, 0.15) is 38.7 Å². The number of carbonyl (C=O) groups excluding carboxylic acids is 1. The van der Waals surface area contributed by atoms with Gasteiger partial charge < -0.3 is 15.7 Å². The Morgan fingerprint density at radius 3 is 2.76 bits per heavy atom. The molecule has 1 amide bonds. The minimum absolute atomic E-state index is 0.0368. The van der Waals surface area contributed by atoms with Crippen LogP contribution >= 0.6 is 0 Å². The summed E-state index contributed by atoms with van der Waals surface area (Å²) in [5.41, 5.74) is 1.35. The molecule has 9 heteroatoms. The van der Waals surface area contributed by atoms with Crippen molar-refractivity contribution in [1.82, 2.24) is 10.0 Å². The Bertz CT molecular complexity index is 949. The van der Waals surface area contributed by atoms with Crippen molar-refractivity contribution in [3.8, 4) is 5.75 Å². The van der Waals surface area contributed by atoms with Crippen LogP contribution in [0.4, 0.5) is 5.69 Å². The van der Waals surface area contributed by atoms with Crippen LogP contribution in [0, 0.1) is 6.92 Å². The molecule has 1 aromatic carbocycles. The highest BCUT2D eigenvalue weighted by atomic mass is 32.2. The molecule has 1 aliphatic rings. The number of rotatable bonds is 8. The molecule has 29 heavy (non-hydrogen) atoms. The number of nitrogens with one attached hydrogen (secondary N) is 3. The molecule has 0 atom stereocenters. The van der Waals surface area contributed by atoms with E-state index in [1.807, 2.05) is 25.2 Å². The van der Waals surface area contributed by atoms with Crippen molar-refractivity contribution >= 4 is 27.3 Å². The summed E-state index contributed by atoms with van der Waals surface area (Å²) in [6.07, 6.45) is 8.20. The van der Waals surface area contributed by atoms with Gasteiger partial charge in [0.1, 0.15) is 11.6 Å². The van der Waals surface area contributed by atoms with Crippen LogP contribution < -0.4 is 15.4 Å². The summed E-state index contributed by atoms with van der Waals surface area (Å²) in [6, 6.07) is 2.57. The number of nitrogens with zero attached hydrogens (tertiary/aromatic N) is 1. The first-order valence-electron chi connectivity index (χ1n) is 9.48. The van der Waals surface area contributed by atoms with E-state index in [-0.39, 0.29) is 28.8 Å². The Hall–Kier alpha value is -2.65. The lowest BCUT2D eigenvalue weighted by atomic mass is 10.2. The first kappa shape index (κ1) is 22.6. The number of aromatic hydroxyl groups is 1. The maximum Gasteiger partial charge on any atom is 0.240 e. The Morgan fingerprint density at radius 1 is 1.38 bits per heavy atom. The van der Waals surface area contributed by atoms with Gasteiger partial charge in [0, 0.05) is 38.2 Å². The molecule has 0 spiro atoms. The zero-order chi connectivity index (χ0) is 21.4. The van der Waals surface area contributed by atoms with E-state index in [0.29, 0.717) is 12.0 Å². The normalized spacial score (nSPS) is 15.1. The van der Waals surface area contributed by atoms with E-state index in [2.05, 4.69) is 20.3 Å². The Kier molecular flexibility index (Phi) is 7.98. The van der Waals surface area contributed by atoms with Crippen molar-refractivity contribution < 1.29 is 18.3 Å². The van der Waals surface area contributed by atoms with E-state index in [1.54, 1.807) is 6.92 Å². The smallest absolute Gasteiger partial charge is 0.240 e. The van der Waals surface area contributed by atoms with Crippen LogP contribution in [0.5, 0.6) is 5.75 Å². The van der Waals surface area contributed by atoms with Crippen LogP contribution in [-0.2, 0) is 14.8 Å². The van der Waals surface area contributed by atoms with Gasteiger partial charge in [0.05, 0.1) is 10.6 Å². The number of allylic oxidation sites excluding steroid dienone is 3. The molecule has 158 valence electrons. The Morgan fingerprint density at radius 2 is 2.14 bits per heavy atom. The van der Waals surface area contributed by atoms with Crippen LogP contribution in [0.2, 0.25) is 0 Å². The molecule has 1 aliphatic heterocycles. The number of benzene rings is 1. The highest BCUT2D eigenvalue weighted by Gasteiger charge is 2.19. The number of aliphatic imine (C=N–C) groups is 1. The number of sulfonamides is 1. The van der Waals surface area contributed by atoms with Crippen LogP contribution in [-0.4, -0.2) is 38.2 Å². The summed E-state index contributed by atoms with van der Waals surface area (Å²) in [7, 11) is -3.83. The molecule has 0 radical (unpaired) electrons. The first-order chi connectivity index (χ1) is 13.7. The van der Waals surface area contributed by atoms with Crippen molar-refractivity contribution in [3.05, 3.63) is 41.7 Å². The third-order valence-corrected chi connectivity index (χ3v) is 5.82. The van der Waals surface area contributed by atoms with Gasteiger partial charge in [-0.1, -0.05) is 6.08 Å². The zero-order valence-corrected chi connectivity index (χ0v) is 17.8. The van der Waals surface area contributed by atoms with Crippen molar-refractivity contribution in [2.45, 2.75) is 44.9 Å². The minimum atomic E-state index is -3.83. The summed E-state index contributed by atoms with van der Waals surface area (Å²) in [6.45, 7) is 5.83. The van der Waals surface area contributed by atoms with Gasteiger partial charge in [-0.2, -0.15) is 0 Å². The summed E-state index contributed by atoms with van der Waals surface area (Å²) >= 11 is 0. The molecule has 0 saturated carbocycles. The maximum atomic E-state index is 12.7. The average Bonchev–Trinajstić information content (AvgIpc) is 2.64. The van der Waals surface area contributed by atoms with Crippen LogP contribution in [0.3, 0.4) is 0 Å². The fourth-order valence-corrected chi connectivity index (χ4v) is 4.16. The lowest BCUT2D eigenvalue weighted by molar-refractivity contribution is -0.114. The molecule has 0 aliphatic carbocycles. The summed E-state index contributed by atoms with van der Waals surface area (Å²) < 4.78 is 27.9. The van der Waals surface area contributed by atoms with Gasteiger partial charge in [-0.05, 0) is 50.5 Å². The quantitative estimate of drug-likeness (QED) is 0.381. The fraction of sp³-hybridized carbons (Fsp3) is 0.400. The SMILES string of the molecule is C/C=C\C(CCNS(=O)(=O)c1cc(O)c(NC(C)=O)cc1C)=N/C1=CCCCN1. The molecule has 2 rings (SSSR count). The predicted molar refractivity (Wildman–Crippen MR) is 115 cm³/mol. The maximum absolute atomic E-state index is 12.7. The standard InChI is InChI=1S/C20H28N4O4S/c1-4-7-16(24-20-8-5-6-10-21-20)9-11-22-29(27,28)19-13-18(26)17(12-14(19)2)23-15(3)25/h4,7-8,12-13,21-22,26H,5-6,9-11H2,1-3H3,(H,23,25)/b7-4-,24-16+. The van der Waals surface area contributed by atoms with Gasteiger partial charge in [-0.3, -0.25) is 4.79 Å². The average molecular weight is 421 g/mol. The van der Waals surface area contributed by atoms with Crippen molar-refractivity contribution in [3.63, 3.8) is 0 Å². The summed E-state index contributed by atoms with van der Waals surface area (Å²) in [5, 5.41) is 15.7. The first-order valence-corrected chi connectivity index (χ1v) is 11.0. The van der Waals surface area contributed by atoms with E-state index in [9.17, 15) is 18.3 Å². The highest BCUT2D eigenvalue weighted by molar-refractivity contribution is 7.89. The number of amides is 1. The molecule has 0 aromatic heterocycles. The molecule has 1 heterocycles. The molecular formula is C20H28N4O4S. The van der Waals surface area contributed by atoms with Gasteiger partial charge in [0.15, 0.2) is 0 Å². The van der Waals surface area contributed by atoms with Crippen LogP contribution in [0.25, 0.3) is 0 Å². The predicted octanol–water partition coefficient (Wildman–Crippen LogP) is 2.57. The Labute approximate surface area is 171 Å². The zero-order valence-electron chi connectivity index (χ0n) is 16.9. The van der Waals surface area contributed by atoms with E-state index in [1.165, 1.54) is 13.0 Å². The molecule has 0 fully saturated rings. The fourth-order valence-electron chi connectivity index (χ4n) is 2.89. The van der Waals surface area contributed by atoms with Gasteiger partial charge >= 0.3 is 0 Å². The molecule has 0 saturated heterocycles. The number of hydrogen-bond donors (Lipinski definition) is 4. The second-order valence-corrected chi connectivity index (χ2v) is 8.46. The van der Waals surface area contributed by atoms with E-state index >= 15 is 0 Å². The summed E-state index contributed by atoms with van der Waals surface area (Å²) in [4.78, 5) is 15.7. The number of phenols is 1. The van der Waals surface area contributed by atoms with Crippen molar-refractivity contribution in [1.29, 1.82) is 0 Å². The third-order valence-electron chi connectivity index (χ3n) is 4.21. The van der Waals surface area contributed by atoms with Gasteiger partial charge in [-0.15, -0.1) is 0 Å². The monoisotopic (exact) mass is 420 g/mol. The number of carbonyl (C=O) groups is 1. The molecule has 0 unspecified atom stereocenters. The number of phenolic OH excluding ortho intramolecular Hbond substituents is 1. The van der Waals surface area contributed by atoms with Gasteiger partial charge in [0.25, 0.3) is 0 Å². The van der Waals surface area contributed by atoms with Crippen molar-refractivity contribution in [2.24, 2.45) is 4.99 Å². The van der Waals surface area contributed by atoms with Gasteiger partial charge in [0.2, 0.25) is 15.9 Å². The highest BCUT2D eigenvalue weighted by Crippen LogP contribution is 2.29. The molecule has 1 aromatic rings. The molecular weight excluding hydrogens is 392 g/mol.